The number of carbonyl (C=O) groups is 2. The predicted octanol–water partition coefficient (Wildman–Crippen LogP) is 4.06. The number of rotatable bonds is 10. The molecular formula is C25H30N6O4S. The van der Waals surface area contributed by atoms with E-state index in [0.717, 1.165) is 10.6 Å². The van der Waals surface area contributed by atoms with Crippen molar-refractivity contribution in [1.82, 2.24) is 9.97 Å². The molecule has 0 aliphatic carbocycles. The molecule has 3 heterocycles. The topological polar surface area (TPSA) is 123 Å². The van der Waals surface area contributed by atoms with Crippen LogP contribution in [0.3, 0.4) is 0 Å². The van der Waals surface area contributed by atoms with Crippen LogP contribution in [-0.2, 0) is 4.74 Å². The Morgan fingerprint density at radius 1 is 1.28 bits per heavy atom. The van der Waals surface area contributed by atoms with Crippen molar-refractivity contribution in [2.45, 2.75) is 25.9 Å². The van der Waals surface area contributed by atoms with Crippen LogP contribution in [-0.4, -0.2) is 55.3 Å². The quantitative estimate of drug-likeness (QED) is 0.392. The lowest BCUT2D eigenvalue weighted by atomic mass is 10.1. The Balaban J connectivity index is 1.54. The van der Waals surface area contributed by atoms with Gasteiger partial charge in [-0.1, -0.05) is 12.1 Å². The highest BCUT2D eigenvalue weighted by molar-refractivity contribution is 7.10. The number of aromatic nitrogens is 2. The van der Waals surface area contributed by atoms with Gasteiger partial charge in [-0.05, 0) is 43.3 Å². The standard InChI is InChI=1S/C25H30N6O4S/c1-3-27-25-28-16-19-22(29-25)30(2)11-12-31(23(19)32)17-7-4-8-18(15-17)35-20(21-10-6-14-36-21)9-5-13-34-24(26)33/h4,6-8,10,14-16,20H,3,5,9,11-13H2,1-2H3,(H2,26,33)(H,27,28,29). The highest BCUT2D eigenvalue weighted by atomic mass is 32.1. The predicted molar refractivity (Wildman–Crippen MR) is 140 cm³/mol. The van der Waals surface area contributed by atoms with E-state index in [1.807, 2.05) is 60.6 Å². The Hall–Kier alpha value is -3.86. The fourth-order valence-corrected chi connectivity index (χ4v) is 4.76. The van der Waals surface area contributed by atoms with E-state index in [1.165, 1.54) is 0 Å². The number of amides is 2. The number of benzene rings is 1. The number of nitrogens with one attached hydrogen (secondary N) is 1. The number of nitrogens with zero attached hydrogens (tertiary/aromatic N) is 4. The monoisotopic (exact) mass is 510 g/mol. The Kier molecular flexibility index (Phi) is 8.21. The molecule has 36 heavy (non-hydrogen) atoms. The zero-order valence-electron chi connectivity index (χ0n) is 20.3. The van der Waals surface area contributed by atoms with Crippen molar-refractivity contribution in [3.05, 3.63) is 58.4 Å². The molecule has 3 N–H and O–H groups in total. The first kappa shape index (κ1) is 25.2. The van der Waals surface area contributed by atoms with Gasteiger partial charge in [0, 0.05) is 49.5 Å². The molecule has 0 spiro atoms. The summed E-state index contributed by atoms with van der Waals surface area (Å²) in [4.78, 5) is 38.0. The van der Waals surface area contributed by atoms with Crippen LogP contribution in [0.2, 0.25) is 0 Å². The lowest BCUT2D eigenvalue weighted by Gasteiger charge is -2.23. The summed E-state index contributed by atoms with van der Waals surface area (Å²) in [6, 6.07) is 11.5. The number of anilines is 3. The third kappa shape index (κ3) is 6.03. The normalized spacial score (nSPS) is 14.1. The molecule has 2 amide bonds. The van der Waals surface area contributed by atoms with Gasteiger partial charge in [-0.15, -0.1) is 11.3 Å². The average molecular weight is 511 g/mol. The van der Waals surface area contributed by atoms with E-state index in [-0.39, 0.29) is 18.6 Å². The number of carbonyl (C=O) groups excluding carboxylic acids is 2. The number of nitrogens with two attached hydrogens (primary N) is 1. The van der Waals surface area contributed by atoms with Gasteiger partial charge in [0.05, 0.1) is 6.61 Å². The van der Waals surface area contributed by atoms with Gasteiger partial charge in [0.25, 0.3) is 5.91 Å². The summed E-state index contributed by atoms with van der Waals surface area (Å²) in [5.74, 6) is 1.59. The number of ether oxygens (including phenoxy) is 2. The van der Waals surface area contributed by atoms with E-state index < -0.39 is 6.09 Å². The van der Waals surface area contributed by atoms with Crippen LogP contribution in [0.25, 0.3) is 0 Å². The highest BCUT2D eigenvalue weighted by Gasteiger charge is 2.28. The van der Waals surface area contributed by atoms with Crippen LogP contribution in [0.5, 0.6) is 5.75 Å². The zero-order chi connectivity index (χ0) is 25.5. The lowest BCUT2D eigenvalue weighted by molar-refractivity contribution is 0.0989. The summed E-state index contributed by atoms with van der Waals surface area (Å²) >= 11 is 1.60. The van der Waals surface area contributed by atoms with E-state index in [0.29, 0.717) is 55.6 Å². The van der Waals surface area contributed by atoms with Gasteiger partial charge in [-0.3, -0.25) is 4.79 Å². The van der Waals surface area contributed by atoms with Crippen molar-refractivity contribution < 1.29 is 19.1 Å². The first-order chi connectivity index (χ1) is 17.5. The van der Waals surface area contributed by atoms with Crippen LogP contribution in [0.4, 0.5) is 22.2 Å². The molecule has 0 saturated heterocycles. The minimum Gasteiger partial charge on any atom is -0.485 e. The Morgan fingerprint density at radius 3 is 2.89 bits per heavy atom. The van der Waals surface area contributed by atoms with E-state index in [1.54, 1.807) is 22.4 Å². The SMILES string of the molecule is CCNc1ncc2c(n1)N(C)CCN(c1cccc(OC(CCCOC(N)=O)c3cccs3)c1)C2=O. The number of primary amides is 1. The average Bonchev–Trinajstić information content (AvgIpc) is 3.37. The third-order valence-corrected chi connectivity index (χ3v) is 6.69. The van der Waals surface area contributed by atoms with Gasteiger partial charge in [-0.2, -0.15) is 4.98 Å². The van der Waals surface area contributed by atoms with Gasteiger partial charge in [0.1, 0.15) is 23.2 Å². The van der Waals surface area contributed by atoms with Crippen molar-refractivity contribution in [2.75, 3.05) is 48.4 Å². The highest BCUT2D eigenvalue weighted by Crippen LogP contribution is 2.32. The van der Waals surface area contributed by atoms with E-state index in [2.05, 4.69) is 15.3 Å². The molecule has 0 fully saturated rings. The van der Waals surface area contributed by atoms with Crippen LogP contribution >= 0.6 is 11.3 Å². The number of fused-ring (bicyclic) bond motifs is 1. The van der Waals surface area contributed by atoms with E-state index in [4.69, 9.17) is 15.2 Å². The number of hydrogen-bond donors (Lipinski definition) is 2. The summed E-state index contributed by atoms with van der Waals surface area (Å²) < 4.78 is 11.2. The molecule has 0 saturated carbocycles. The molecule has 0 bridgehead atoms. The first-order valence-electron chi connectivity index (χ1n) is 11.8. The summed E-state index contributed by atoms with van der Waals surface area (Å²) in [6.07, 6.45) is 1.83. The van der Waals surface area contributed by atoms with Crippen molar-refractivity contribution in [3.63, 3.8) is 0 Å². The molecule has 190 valence electrons. The molecule has 1 aromatic carbocycles. The van der Waals surface area contributed by atoms with Crippen molar-refractivity contribution >= 4 is 40.8 Å². The van der Waals surface area contributed by atoms with Crippen molar-refractivity contribution in [3.8, 4) is 5.75 Å². The van der Waals surface area contributed by atoms with Crippen LogP contribution in [0.1, 0.15) is 41.1 Å². The Labute approximate surface area is 214 Å². The molecule has 2 aromatic heterocycles. The minimum absolute atomic E-state index is 0.159. The van der Waals surface area contributed by atoms with E-state index in [9.17, 15) is 9.59 Å². The maximum atomic E-state index is 13.5. The number of likely N-dealkylation sites (N-methyl/N-ethyl adjacent to an activating group) is 1. The Morgan fingerprint density at radius 2 is 2.14 bits per heavy atom. The lowest BCUT2D eigenvalue weighted by Crippen LogP contribution is -2.33. The summed E-state index contributed by atoms with van der Waals surface area (Å²) in [6.45, 7) is 4.00. The summed E-state index contributed by atoms with van der Waals surface area (Å²) in [5.41, 5.74) is 6.25. The Bertz CT molecular complexity index is 1190. The van der Waals surface area contributed by atoms with Crippen molar-refractivity contribution in [1.29, 1.82) is 0 Å². The van der Waals surface area contributed by atoms with Crippen LogP contribution < -0.4 is 25.6 Å². The third-order valence-electron chi connectivity index (χ3n) is 5.72. The smallest absolute Gasteiger partial charge is 0.404 e. The summed E-state index contributed by atoms with van der Waals surface area (Å²) in [7, 11) is 1.92. The zero-order valence-corrected chi connectivity index (χ0v) is 21.2. The molecule has 1 aliphatic heterocycles. The van der Waals surface area contributed by atoms with Gasteiger partial charge in [0.2, 0.25) is 5.95 Å². The molecule has 3 aromatic rings. The second-order valence-electron chi connectivity index (χ2n) is 8.27. The molecular weight excluding hydrogens is 480 g/mol. The van der Waals surface area contributed by atoms with Gasteiger partial charge in [0.15, 0.2) is 0 Å². The van der Waals surface area contributed by atoms with Gasteiger partial charge < -0.3 is 30.3 Å². The molecule has 10 nitrogen and oxygen atoms in total. The first-order valence-corrected chi connectivity index (χ1v) is 12.7. The fraction of sp³-hybridized carbons (Fsp3) is 0.360. The molecule has 1 unspecified atom stereocenters. The van der Waals surface area contributed by atoms with Crippen LogP contribution in [0, 0.1) is 0 Å². The maximum Gasteiger partial charge on any atom is 0.404 e. The molecule has 4 rings (SSSR count). The number of thiophene rings is 1. The van der Waals surface area contributed by atoms with Gasteiger partial charge in [-0.25, -0.2) is 9.78 Å². The molecule has 11 heteroatoms. The number of hydrogen-bond acceptors (Lipinski definition) is 9. The second kappa shape index (κ2) is 11.7. The van der Waals surface area contributed by atoms with E-state index >= 15 is 0 Å². The summed E-state index contributed by atoms with van der Waals surface area (Å²) in [5, 5.41) is 5.09. The fourth-order valence-electron chi connectivity index (χ4n) is 3.97. The largest absolute Gasteiger partial charge is 0.485 e. The minimum atomic E-state index is -0.783. The van der Waals surface area contributed by atoms with Gasteiger partial charge >= 0.3 is 6.09 Å². The second-order valence-corrected chi connectivity index (χ2v) is 9.25. The molecule has 1 aliphatic rings. The molecule has 1 atom stereocenters. The maximum absolute atomic E-state index is 13.5. The van der Waals surface area contributed by atoms with Crippen LogP contribution in [0.15, 0.2) is 48.0 Å². The molecule has 0 radical (unpaired) electrons. The van der Waals surface area contributed by atoms with Crippen molar-refractivity contribution in [2.24, 2.45) is 5.73 Å².